The predicted molar refractivity (Wildman–Crippen MR) is 106 cm³/mol. The van der Waals surface area contributed by atoms with Crippen LogP contribution in [-0.2, 0) is 19.3 Å². The number of unbranched alkanes of at least 4 members (excludes halogenated alkanes) is 1. The second kappa shape index (κ2) is 8.68. The van der Waals surface area contributed by atoms with E-state index in [-0.39, 0.29) is 6.04 Å². The zero-order valence-electron chi connectivity index (χ0n) is 18.0. The Morgan fingerprint density at radius 3 is 2.96 bits per heavy atom. The average molecular weight is 369 g/mol. The molecule has 1 aromatic carbocycles. The second-order valence-corrected chi connectivity index (χ2v) is 7.68. The lowest BCUT2D eigenvalue weighted by Crippen LogP contribution is -2.17. The summed E-state index contributed by atoms with van der Waals surface area (Å²) in [5.74, 6) is 1.86. The third-order valence-electron chi connectivity index (χ3n) is 5.65. The zero-order valence-corrected chi connectivity index (χ0v) is 16.0. The van der Waals surface area contributed by atoms with Crippen molar-refractivity contribution in [3.8, 4) is 5.75 Å². The van der Waals surface area contributed by atoms with Gasteiger partial charge in [0.2, 0.25) is 0 Å². The Morgan fingerprint density at radius 1 is 1.19 bits per heavy atom. The van der Waals surface area contributed by atoms with E-state index in [1.54, 1.807) is 0 Å². The quantitative estimate of drug-likeness (QED) is 0.528. The SMILES string of the molecule is [2H]C1([2H])CCC(n2nnnc2CCCCOc2ccc3c(c2)CCC(=C)C3)CC1. The Bertz CT molecular complexity index is 854. The van der Waals surface area contributed by atoms with Crippen LogP contribution < -0.4 is 4.74 Å². The third-order valence-corrected chi connectivity index (χ3v) is 5.65. The lowest BCUT2D eigenvalue weighted by Gasteiger charge is -2.22. The fourth-order valence-corrected chi connectivity index (χ4v) is 4.05. The summed E-state index contributed by atoms with van der Waals surface area (Å²) in [7, 11) is 0. The third kappa shape index (κ3) is 4.57. The molecule has 5 heteroatoms. The first-order valence-corrected chi connectivity index (χ1v) is 10.2. The summed E-state index contributed by atoms with van der Waals surface area (Å²) in [6.45, 7) is 4.80. The Labute approximate surface area is 164 Å². The van der Waals surface area contributed by atoms with Gasteiger partial charge in [0.25, 0.3) is 0 Å². The van der Waals surface area contributed by atoms with E-state index in [1.807, 2.05) is 4.68 Å². The van der Waals surface area contributed by atoms with E-state index in [2.05, 4.69) is 40.3 Å². The zero-order chi connectivity index (χ0) is 20.3. The molecule has 1 aromatic heterocycles. The fourth-order valence-electron chi connectivity index (χ4n) is 4.05. The number of hydrogen-bond acceptors (Lipinski definition) is 4. The van der Waals surface area contributed by atoms with Crippen LogP contribution in [0.25, 0.3) is 0 Å². The van der Waals surface area contributed by atoms with Crippen molar-refractivity contribution in [3.63, 3.8) is 0 Å². The monoisotopic (exact) mass is 368 g/mol. The molecule has 2 aliphatic carbocycles. The topological polar surface area (TPSA) is 52.8 Å². The predicted octanol–water partition coefficient (Wildman–Crippen LogP) is 4.62. The molecule has 0 amide bonds. The number of aryl methyl sites for hydroxylation is 2. The maximum absolute atomic E-state index is 7.87. The number of rotatable bonds is 7. The van der Waals surface area contributed by atoms with Crippen LogP contribution in [0.5, 0.6) is 5.75 Å². The van der Waals surface area contributed by atoms with Gasteiger partial charge in [0.05, 0.1) is 12.6 Å². The molecule has 144 valence electrons. The smallest absolute Gasteiger partial charge is 0.151 e. The van der Waals surface area contributed by atoms with E-state index in [0.717, 1.165) is 62.9 Å². The summed E-state index contributed by atoms with van der Waals surface area (Å²) in [5, 5.41) is 12.2. The molecule has 0 unspecified atom stereocenters. The lowest BCUT2D eigenvalue weighted by molar-refractivity contribution is 0.300. The molecule has 2 aliphatic rings. The molecule has 0 bridgehead atoms. The molecular formula is C22H30N4O. The molecule has 27 heavy (non-hydrogen) atoms. The molecule has 1 fully saturated rings. The standard InChI is InChI=1S/C22H30N4O/c1-17-10-11-19-16-21(13-12-18(19)15-17)27-14-6-5-9-22-23-24-25-26(22)20-7-3-2-4-8-20/h12-13,16,20H,1-11,14-15H2/i2D2. The molecule has 0 radical (unpaired) electrons. The highest BCUT2D eigenvalue weighted by Gasteiger charge is 2.19. The molecule has 0 N–H and O–H groups in total. The highest BCUT2D eigenvalue weighted by atomic mass is 16.5. The number of fused-ring (bicyclic) bond motifs is 1. The molecule has 0 saturated heterocycles. The number of benzene rings is 1. The minimum Gasteiger partial charge on any atom is -0.494 e. The maximum atomic E-state index is 7.87. The number of ether oxygens (including phenoxy) is 1. The van der Waals surface area contributed by atoms with E-state index in [4.69, 9.17) is 7.48 Å². The van der Waals surface area contributed by atoms with Crippen molar-refractivity contribution >= 4 is 0 Å². The Kier molecular flexibility index (Phi) is 5.09. The van der Waals surface area contributed by atoms with Crippen LogP contribution in [0, 0.1) is 0 Å². The van der Waals surface area contributed by atoms with Crippen LogP contribution in [0.15, 0.2) is 30.4 Å². The molecule has 0 aliphatic heterocycles. The molecule has 1 heterocycles. The van der Waals surface area contributed by atoms with Crippen molar-refractivity contribution in [1.29, 1.82) is 0 Å². The second-order valence-electron chi connectivity index (χ2n) is 7.68. The summed E-state index contributed by atoms with van der Waals surface area (Å²) < 4.78 is 23.6. The number of tetrazole rings is 1. The van der Waals surface area contributed by atoms with Crippen molar-refractivity contribution in [2.45, 2.75) is 76.6 Å². The van der Waals surface area contributed by atoms with Crippen molar-refractivity contribution in [2.75, 3.05) is 6.61 Å². The summed E-state index contributed by atoms with van der Waals surface area (Å²) in [6.07, 6.45) is 7.63. The van der Waals surface area contributed by atoms with E-state index in [9.17, 15) is 0 Å². The summed E-state index contributed by atoms with van der Waals surface area (Å²) >= 11 is 0. The first kappa shape index (κ1) is 15.8. The highest BCUT2D eigenvalue weighted by Crippen LogP contribution is 2.29. The van der Waals surface area contributed by atoms with Gasteiger partial charge in [-0.15, -0.1) is 5.10 Å². The summed E-state index contributed by atoms with van der Waals surface area (Å²) in [5.41, 5.74) is 4.10. The molecule has 4 rings (SSSR count). The van der Waals surface area contributed by atoms with Gasteiger partial charge >= 0.3 is 0 Å². The van der Waals surface area contributed by atoms with Crippen LogP contribution in [-0.4, -0.2) is 26.8 Å². The lowest BCUT2D eigenvalue weighted by atomic mass is 9.89. The van der Waals surface area contributed by atoms with Crippen molar-refractivity contribution in [1.82, 2.24) is 20.2 Å². The van der Waals surface area contributed by atoms with Gasteiger partial charge in [-0.3, -0.25) is 0 Å². The van der Waals surface area contributed by atoms with Gasteiger partial charge in [0.15, 0.2) is 5.82 Å². The molecule has 0 atom stereocenters. The van der Waals surface area contributed by atoms with Gasteiger partial charge in [-0.2, -0.15) is 0 Å². The Morgan fingerprint density at radius 2 is 2.07 bits per heavy atom. The summed E-state index contributed by atoms with van der Waals surface area (Å²) in [6, 6.07) is 6.66. The number of hydrogen-bond donors (Lipinski definition) is 0. The van der Waals surface area contributed by atoms with Gasteiger partial charge < -0.3 is 4.74 Å². The molecule has 1 saturated carbocycles. The number of nitrogens with zero attached hydrogens (tertiary/aromatic N) is 4. The average Bonchev–Trinajstić information content (AvgIpc) is 3.16. The first-order valence-electron chi connectivity index (χ1n) is 11.2. The Balaban J connectivity index is 1.22. The van der Waals surface area contributed by atoms with E-state index in [0.29, 0.717) is 19.4 Å². The largest absolute Gasteiger partial charge is 0.494 e. The molecule has 5 nitrogen and oxygen atoms in total. The normalized spacial score (nSPS) is 20.7. The van der Waals surface area contributed by atoms with Crippen molar-refractivity contribution in [3.05, 3.63) is 47.3 Å². The van der Waals surface area contributed by atoms with E-state index < -0.39 is 6.37 Å². The van der Waals surface area contributed by atoms with Gasteiger partial charge in [-0.05, 0) is 78.6 Å². The minimum atomic E-state index is -1.04. The van der Waals surface area contributed by atoms with Crippen molar-refractivity contribution in [2.24, 2.45) is 0 Å². The summed E-state index contributed by atoms with van der Waals surface area (Å²) in [4.78, 5) is 0. The number of aromatic nitrogens is 4. The fraction of sp³-hybridized carbons (Fsp3) is 0.591. The van der Waals surface area contributed by atoms with Crippen LogP contribution in [0.3, 0.4) is 0 Å². The first-order chi connectivity index (χ1) is 14.0. The van der Waals surface area contributed by atoms with Crippen LogP contribution in [0.4, 0.5) is 0 Å². The van der Waals surface area contributed by atoms with Gasteiger partial charge in [-0.1, -0.05) is 37.4 Å². The van der Waals surface area contributed by atoms with Gasteiger partial charge in [0, 0.05) is 9.16 Å². The van der Waals surface area contributed by atoms with Gasteiger partial charge in [0.1, 0.15) is 5.75 Å². The maximum Gasteiger partial charge on any atom is 0.151 e. The molecular weight excluding hydrogens is 336 g/mol. The Hall–Kier alpha value is -2.17. The van der Waals surface area contributed by atoms with E-state index in [1.165, 1.54) is 16.7 Å². The van der Waals surface area contributed by atoms with Gasteiger partial charge in [-0.25, -0.2) is 4.68 Å². The van der Waals surface area contributed by atoms with Crippen LogP contribution in [0.2, 0.25) is 0 Å². The molecule has 2 aromatic rings. The highest BCUT2D eigenvalue weighted by molar-refractivity contribution is 5.40. The molecule has 0 spiro atoms. The van der Waals surface area contributed by atoms with E-state index >= 15 is 0 Å². The number of allylic oxidation sites excluding steroid dienone is 1. The minimum absolute atomic E-state index is 0.228. The van der Waals surface area contributed by atoms with Crippen LogP contribution in [0.1, 0.15) is 77.1 Å². The van der Waals surface area contributed by atoms with Crippen LogP contribution >= 0.6 is 0 Å². The van der Waals surface area contributed by atoms with Crippen molar-refractivity contribution < 1.29 is 7.48 Å².